The van der Waals surface area contributed by atoms with Gasteiger partial charge >= 0.3 is 0 Å². The molecule has 31 heavy (non-hydrogen) atoms. The molecule has 2 aromatic carbocycles. The van der Waals surface area contributed by atoms with Gasteiger partial charge in [-0.3, -0.25) is 4.79 Å². The third kappa shape index (κ3) is 3.88. The molecule has 0 unspecified atom stereocenters. The first kappa shape index (κ1) is 20.6. The highest BCUT2D eigenvalue weighted by Gasteiger charge is 2.23. The van der Waals surface area contributed by atoms with Crippen molar-refractivity contribution in [2.24, 2.45) is 0 Å². The van der Waals surface area contributed by atoms with Crippen molar-refractivity contribution in [2.45, 2.75) is 13.3 Å². The van der Waals surface area contributed by atoms with Crippen LogP contribution in [0.3, 0.4) is 0 Å². The number of carbonyl (C=O) groups excluding carboxylic acids is 1. The summed E-state index contributed by atoms with van der Waals surface area (Å²) in [6.07, 6.45) is 0.607. The van der Waals surface area contributed by atoms with E-state index in [1.165, 1.54) is 25.6 Å². The highest BCUT2D eigenvalue weighted by molar-refractivity contribution is 7.16. The van der Waals surface area contributed by atoms with Crippen molar-refractivity contribution in [3.8, 4) is 29.1 Å². The third-order valence-corrected chi connectivity index (χ3v) is 6.25. The summed E-state index contributed by atoms with van der Waals surface area (Å²) in [6.45, 7) is 2.11. The Morgan fingerprint density at radius 2 is 1.87 bits per heavy atom. The van der Waals surface area contributed by atoms with Gasteiger partial charge in [-0.05, 0) is 42.3 Å². The third-order valence-electron chi connectivity index (χ3n) is 5.04. The summed E-state index contributed by atoms with van der Waals surface area (Å²) in [7, 11) is 2.98. The molecule has 7 nitrogen and oxygen atoms in total. The second kappa shape index (κ2) is 8.58. The molecule has 1 amide bonds. The van der Waals surface area contributed by atoms with Gasteiger partial charge in [0.25, 0.3) is 5.91 Å². The highest BCUT2D eigenvalue weighted by Crippen LogP contribution is 2.38. The number of benzene rings is 2. The van der Waals surface area contributed by atoms with E-state index >= 15 is 0 Å². The molecule has 0 aliphatic carbocycles. The van der Waals surface area contributed by atoms with Crippen LogP contribution >= 0.6 is 11.3 Å². The van der Waals surface area contributed by atoms with Crippen LogP contribution in [0.2, 0.25) is 0 Å². The number of hydrogen-bond donors (Lipinski definition) is 1. The minimum absolute atomic E-state index is 0.220. The molecule has 0 radical (unpaired) electrons. The van der Waals surface area contributed by atoms with Gasteiger partial charge in [0, 0.05) is 11.3 Å². The lowest BCUT2D eigenvalue weighted by molar-refractivity contribution is 0.102. The maximum atomic E-state index is 13.0. The van der Waals surface area contributed by atoms with E-state index in [1.807, 2.05) is 25.1 Å². The van der Waals surface area contributed by atoms with Gasteiger partial charge in [0.1, 0.15) is 28.1 Å². The van der Waals surface area contributed by atoms with Crippen molar-refractivity contribution in [1.29, 1.82) is 5.26 Å². The van der Waals surface area contributed by atoms with Gasteiger partial charge in [-0.25, -0.2) is 0 Å². The molecular formula is C23H20N2O5S. The Morgan fingerprint density at radius 1 is 1.16 bits per heavy atom. The monoisotopic (exact) mass is 436 g/mol. The maximum absolute atomic E-state index is 13.0. The Hall–Kier alpha value is -3.70. The summed E-state index contributed by atoms with van der Waals surface area (Å²) in [5, 5.41) is 13.1. The molecule has 3 aromatic rings. The van der Waals surface area contributed by atoms with Gasteiger partial charge < -0.3 is 24.3 Å². The fraction of sp³-hybridized carbons (Fsp3) is 0.217. The summed E-state index contributed by atoms with van der Waals surface area (Å²) in [5.74, 6) is 1.82. The fourth-order valence-corrected chi connectivity index (χ4v) is 4.61. The van der Waals surface area contributed by atoms with E-state index in [0.29, 0.717) is 34.2 Å². The van der Waals surface area contributed by atoms with E-state index < -0.39 is 5.91 Å². The van der Waals surface area contributed by atoms with Crippen LogP contribution in [0, 0.1) is 18.3 Å². The topological polar surface area (TPSA) is 89.8 Å². The van der Waals surface area contributed by atoms with Crippen LogP contribution < -0.4 is 24.3 Å². The van der Waals surface area contributed by atoms with E-state index in [0.717, 1.165) is 21.8 Å². The van der Waals surface area contributed by atoms with Crippen LogP contribution in [0.1, 0.15) is 31.9 Å². The van der Waals surface area contributed by atoms with Crippen molar-refractivity contribution in [3.05, 3.63) is 63.5 Å². The van der Waals surface area contributed by atoms with Crippen LogP contribution in [0.5, 0.6) is 23.0 Å². The van der Waals surface area contributed by atoms with E-state index in [2.05, 4.69) is 11.4 Å². The zero-order valence-corrected chi connectivity index (χ0v) is 18.1. The summed E-state index contributed by atoms with van der Waals surface area (Å²) < 4.78 is 21.5. The number of amides is 1. The predicted octanol–water partition coefficient (Wildman–Crippen LogP) is 4.52. The molecule has 1 N–H and O–H groups in total. The molecule has 0 spiro atoms. The van der Waals surface area contributed by atoms with Crippen LogP contribution in [-0.2, 0) is 6.42 Å². The zero-order chi connectivity index (χ0) is 22.0. The minimum atomic E-state index is -0.401. The lowest BCUT2D eigenvalue weighted by Gasteiger charge is -2.12. The lowest BCUT2D eigenvalue weighted by Crippen LogP contribution is -2.14. The molecule has 1 aromatic heterocycles. The quantitative estimate of drug-likeness (QED) is 0.611. The first-order valence-corrected chi connectivity index (χ1v) is 10.3. The number of hydrogen-bond acceptors (Lipinski definition) is 7. The van der Waals surface area contributed by atoms with Gasteiger partial charge in [-0.15, -0.1) is 11.3 Å². The average molecular weight is 436 g/mol. The molecule has 2 heterocycles. The predicted molar refractivity (Wildman–Crippen MR) is 117 cm³/mol. The molecule has 8 heteroatoms. The van der Waals surface area contributed by atoms with Gasteiger partial charge in [-0.1, -0.05) is 12.1 Å². The van der Waals surface area contributed by atoms with Crippen molar-refractivity contribution < 1.29 is 23.7 Å². The number of nitrogens with one attached hydrogen (secondary N) is 1. The first-order valence-electron chi connectivity index (χ1n) is 9.49. The van der Waals surface area contributed by atoms with Crippen LogP contribution in [0.15, 0.2) is 36.4 Å². The average Bonchev–Trinajstić information content (AvgIpc) is 3.36. The molecule has 0 bridgehead atoms. The molecule has 158 valence electrons. The Bertz CT molecular complexity index is 1170. The number of anilines is 1. The number of thiophene rings is 1. The number of rotatable bonds is 6. The summed E-state index contributed by atoms with van der Waals surface area (Å²) in [6, 6.07) is 13.1. The first-order chi connectivity index (χ1) is 15.0. The van der Waals surface area contributed by atoms with Crippen molar-refractivity contribution >= 4 is 22.2 Å². The van der Waals surface area contributed by atoms with E-state index in [4.69, 9.17) is 18.9 Å². The van der Waals surface area contributed by atoms with Gasteiger partial charge in [0.05, 0.1) is 19.8 Å². The molecule has 0 fully saturated rings. The van der Waals surface area contributed by atoms with Gasteiger partial charge in [-0.2, -0.15) is 5.26 Å². The van der Waals surface area contributed by atoms with Gasteiger partial charge in [0.15, 0.2) is 11.5 Å². The lowest BCUT2D eigenvalue weighted by atomic mass is 10.1. The SMILES string of the molecule is COc1cccc(OC)c1C(=O)Nc1sc(Cc2ccc3c(c2)OCO3)c(C)c1C#N. The maximum Gasteiger partial charge on any atom is 0.263 e. The smallest absolute Gasteiger partial charge is 0.263 e. The molecule has 1 aliphatic rings. The highest BCUT2D eigenvalue weighted by atomic mass is 32.1. The molecule has 4 rings (SSSR count). The largest absolute Gasteiger partial charge is 0.496 e. The number of nitrogens with zero attached hydrogens (tertiary/aromatic N) is 1. The number of nitriles is 1. The Labute approximate surface area is 183 Å². The Morgan fingerprint density at radius 3 is 2.55 bits per heavy atom. The molecule has 0 atom stereocenters. The standard InChI is InChI=1S/C23H20N2O5S/c1-13-15(11-24)23(25-22(26)21-17(27-2)5-4-6-18(21)28-3)31-20(13)10-14-7-8-16-19(9-14)30-12-29-16/h4-9H,10,12H2,1-3H3,(H,25,26). The Kier molecular flexibility index (Phi) is 5.69. The fourth-order valence-electron chi connectivity index (χ4n) is 3.43. The van der Waals surface area contributed by atoms with E-state index in [-0.39, 0.29) is 12.4 Å². The second-order valence-electron chi connectivity index (χ2n) is 6.82. The van der Waals surface area contributed by atoms with Crippen molar-refractivity contribution in [1.82, 2.24) is 0 Å². The summed E-state index contributed by atoms with van der Waals surface area (Å²) >= 11 is 1.38. The molecular weight excluding hydrogens is 416 g/mol. The number of carbonyl (C=O) groups is 1. The van der Waals surface area contributed by atoms with Crippen molar-refractivity contribution in [3.63, 3.8) is 0 Å². The van der Waals surface area contributed by atoms with Crippen LogP contribution in [0.4, 0.5) is 5.00 Å². The van der Waals surface area contributed by atoms with E-state index in [9.17, 15) is 10.1 Å². The second-order valence-corrected chi connectivity index (χ2v) is 7.93. The van der Waals surface area contributed by atoms with E-state index in [1.54, 1.807) is 18.2 Å². The summed E-state index contributed by atoms with van der Waals surface area (Å²) in [5.41, 5.74) is 2.59. The molecule has 0 saturated carbocycles. The normalized spacial score (nSPS) is 11.7. The molecule has 1 aliphatic heterocycles. The van der Waals surface area contributed by atoms with Crippen LogP contribution in [-0.4, -0.2) is 26.9 Å². The molecule has 0 saturated heterocycles. The van der Waals surface area contributed by atoms with Crippen LogP contribution in [0.25, 0.3) is 0 Å². The van der Waals surface area contributed by atoms with Gasteiger partial charge in [0.2, 0.25) is 6.79 Å². The number of ether oxygens (including phenoxy) is 4. The zero-order valence-electron chi connectivity index (χ0n) is 17.3. The Balaban J connectivity index is 1.63. The number of methoxy groups -OCH3 is 2. The van der Waals surface area contributed by atoms with Crippen molar-refractivity contribution in [2.75, 3.05) is 26.3 Å². The minimum Gasteiger partial charge on any atom is -0.496 e. The number of fused-ring (bicyclic) bond motifs is 1. The summed E-state index contributed by atoms with van der Waals surface area (Å²) in [4.78, 5) is 14.0.